The van der Waals surface area contributed by atoms with E-state index in [4.69, 9.17) is 14.7 Å². The van der Waals surface area contributed by atoms with Crippen LogP contribution in [0.5, 0.6) is 0 Å². The van der Waals surface area contributed by atoms with Crippen LogP contribution in [-0.2, 0) is 33.6 Å². The van der Waals surface area contributed by atoms with Crippen LogP contribution in [-0.4, -0.2) is 94.7 Å². The summed E-state index contributed by atoms with van der Waals surface area (Å²) >= 11 is 0. The minimum Gasteiger partial charge on any atom is -0.453 e. The Morgan fingerprint density at radius 2 is 1.41 bits per heavy atom. The Morgan fingerprint density at radius 1 is 0.787 bits per heavy atom. The molecule has 0 bridgehead atoms. The molecule has 61 heavy (non-hydrogen) atoms. The van der Waals surface area contributed by atoms with Crippen molar-refractivity contribution in [2.24, 2.45) is 10.9 Å². The first-order valence-electron chi connectivity index (χ1n) is 21.8. The summed E-state index contributed by atoms with van der Waals surface area (Å²) in [5, 5.41) is 2.73. The number of nitrogens with one attached hydrogen (secondary N) is 2. The molecule has 5 aromatic rings. The number of aromatic nitrogens is 2. The number of hydrogen-bond acceptors (Lipinski definition) is 7. The molecule has 2 N–H and O–H groups in total. The van der Waals surface area contributed by atoms with E-state index in [9.17, 15) is 14.4 Å². The number of alkyl carbamates (subject to hydrolysis) is 1. The molecular weight excluding hydrogens is 763 g/mol. The number of nitrogens with zero attached hydrogens (tertiary/aromatic N) is 5. The normalized spacial score (nSPS) is 19.0. The lowest BCUT2D eigenvalue weighted by Gasteiger charge is -2.32. The van der Waals surface area contributed by atoms with Gasteiger partial charge in [0.05, 0.1) is 36.8 Å². The van der Waals surface area contributed by atoms with E-state index in [-0.39, 0.29) is 35.9 Å². The molecule has 314 valence electrons. The van der Waals surface area contributed by atoms with Gasteiger partial charge in [0.15, 0.2) is 0 Å². The van der Waals surface area contributed by atoms with Crippen LogP contribution >= 0.6 is 0 Å². The molecule has 0 spiro atoms. The molecule has 1 aliphatic carbocycles. The van der Waals surface area contributed by atoms with Crippen molar-refractivity contribution < 1.29 is 19.1 Å². The first kappa shape index (κ1) is 40.3. The first-order chi connectivity index (χ1) is 29.6. The predicted molar refractivity (Wildman–Crippen MR) is 239 cm³/mol. The highest BCUT2D eigenvalue weighted by Gasteiger charge is 2.39. The van der Waals surface area contributed by atoms with Gasteiger partial charge in [-0.15, -0.1) is 0 Å². The topological polar surface area (TPSA) is 123 Å². The number of likely N-dealkylation sites (tertiary alicyclic amines) is 2. The van der Waals surface area contributed by atoms with Crippen molar-refractivity contribution in [3.05, 3.63) is 119 Å². The fraction of sp³-hybridized carbons (Fsp3) is 0.380. The number of carbonyl (C=O) groups excluding carboxylic acids is 3. The summed E-state index contributed by atoms with van der Waals surface area (Å²) in [6, 6.07) is 29.1. The summed E-state index contributed by atoms with van der Waals surface area (Å²) in [7, 11) is 5.27. The number of amides is 3. The van der Waals surface area contributed by atoms with E-state index < -0.39 is 12.1 Å². The maximum absolute atomic E-state index is 14.1. The van der Waals surface area contributed by atoms with Gasteiger partial charge in [0.25, 0.3) is 0 Å². The molecule has 0 saturated carbocycles. The number of carbonyl (C=O) groups is 3. The van der Waals surface area contributed by atoms with Gasteiger partial charge in [-0.05, 0) is 127 Å². The predicted octanol–water partition coefficient (Wildman–Crippen LogP) is 8.48. The van der Waals surface area contributed by atoms with E-state index >= 15 is 0 Å². The minimum absolute atomic E-state index is 0.0170. The van der Waals surface area contributed by atoms with Gasteiger partial charge in [0, 0.05) is 25.2 Å². The zero-order valence-electron chi connectivity index (χ0n) is 35.8. The van der Waals surface area contributed by atoms with E-state index in [0.717, 1.165) is 85.5 Å². The number of ether oxygens (including phenoxy) is 1. The number of aryl methyl sites for hydroxylation is 2. The van der Waals surface area contributed by atoms with E-state index in [0.29, 0.717) is 6.54 Å². The van der Waals surface area contributed by atoms with Gasteiger partial charge in [0.1, 0.15) is 17.9 Å². The Balaban J connectivity index is 0.884. The molecule has 3 amide bonds. The molecule has 1 unspecified atom stereocenters. The number of hydrogen-bond donors (Lipinski definition) is 2. The molecule has 3 aliphatic heterocycles. The van der Waals surface area contributed by atoms with Crippen LogP contribution in [0.3, 0.4) is 0 Å². The third-order valence-electron chi connectivity index (χ3n) is 13.1. The lowest BCUT2D eigenvalue weighted by Crippen LogP contribution is -2.51. The van der Waals surface area contributed by atoms with E-state index in [1.54, 1.807) is 0 Å². The fourth-order valence-electron chi connectivity index (χ4n) is 10.0. The lowest BCUT2D eigenvalue weighted by atomic mass is 9.83. The van der Waals surface area contributed by atoms with Gasteiger partial charge in [-0.2, -0.15) is 0 Å². The van der Waals surface area contributed by atoms with Crippen molar-refractivity contribution >= 4 is 29.3 Å². The third kappa shape index (κ3) is 7.76. The fourth-order valence-corrected chi connectivity index (χ4v) is 10.0. The number of likely N-dealkylation sites (N-methyl/N-ethyl adjacent to an activating group) is 1. The van der Waals surface area contributed by atoms with Crippen molar-refractivity contribution in [1.29, 1.82) is 0 Å². The van der Waals surface area contributed by atoms with Crippen LogP contribution in [0.25, 0.3) is 33.5 Å². The number of methoxy groups -OCH3 is 1. The molecule has 4 aromatic carbocycles. The molecule has 0 radical (unpaired) electrons. The highest BCUT2D eigenvalue weighted by molar-refractivity contribution is 6.01. The van der Waals surface area contributed by atoms with Crippen molar-refractivity contribution in [3.63, 3.8) is 0 Å². The Kier molecular flexibility index (Phi) is 11.1. The second kappa shape index (κ2) is 16.8. The van der Waals surface area contributed by atoms with Gasteiger partial charge in [-0.25, -0.2) is 9.78 Å². The smallest absolute Gasteiger partial charge is 0.407 e. The zero-order valence-corrected chi connectivity index (χ0v) is 35.8. The lowest BCUT2D eigenvalue weighted by molar-refractivity contribution is -0.136. The van der Waals surface area contributed by atoms with E-state index in [1.165, 1.54) is 46.1 Å². The van der Waals surface area contributed by atoms with Crippen LogP contribution in [0.4, 0.5) is 10.5 Å². The second-order valence-electron chi connectivity index (χ2n) is 17.6. The van der Waals surface area contributed by atoms with Crippen molar-refractivity contribution in [2.45, 2.75) is 83.0 Å². The second-order valence-corrected chi connectivity index (χ2v) is 17.6. The number of aromatic amines is 1. The van der Waals surface area contributed by atoms with Crippen molar-refractivity contribution in [1.82, 2.24) is 30.0 Å². The molecule has 11 heteroatoms. The molecule has 2 fully saturated rings. The Morgan fingerprint density at radius 3 is 2.08 bits per heavy atom. The maximum Gasteiger partial charge on any atom is 0.407 e. The Hall–Kier alpha value is -6.07. The Labute approximate surface area is 358 Å². The van der Waals surface area contributed by atoms with Gasteiger partial charge < -0.3 is 24.8 Å². The standard InChI is InChI=1S/C50H55N7O4/c1-30(2)45(54-50(60)61-5)48(58)57-24-10-14-44(57)47-51-29-42(53-47)36-18-21-39-35(27-36)16-15-34-25-32(17-20-38(34)39)33-19-22-40-37(26-33)28-41(52-40)43-13-9-23-56(43)49(59)46(55(3)4)31-11-7-6-8-12-31/h6-8,11-12,17-22,25-27,29-30,43-46H,9-10,13-16,23-24,28H2,1-5H3,(H,51,53)(H,54,60)/t43-,44-,45-,46?/m0/s1. The Bertz CT molecular complexity index is 2510. The summed E-state index contributed by atoms with van der Waals surface area (Å²) in [4.78, 5) is 59.1. The summed E-state index contributed by atoms with van der Waals surface area (Å²) in [6.45, 7) is 5.21. The molecule has 9 rings (SSSR count). The number of imidazole rings is 1. The average molecular weight is 818 g/mol. The van der Waals surface area contributed by atoms with Crippen LogP contribution in [0.15, 0.2) is 96.1 Å². The summed E-state index contributed by atoms with van der Waals surface area (Å²) < 4.78 is 4.79. The first-order valence-corrected chi connectivity index (χ1v) is 21.8. The minimum atomic E-state index is -0.673. The molecular formula is C50H55N7O4. The highest BCUT2D eigenvalue weighted by Crippen LogP contribution is 2.41. The highest BCUT2D eigenvalue weighted by atomic mass is 16.5. The molecule has 1 aromatic heterocycles. The largest absolute Gasteiger partial charge is 0.453 e. The third-order valence-corrected chi connectivity index (χ3v) is 13.1. The molecule has 2 saturated heterocycles. The number of benzene rings is 4. The number of fused-ring (bicyclic) bond motifs is 4. The van der Waals surface area contributed by atoms with Crippen LogP contribution in [0.1, 0.15) is 79.7 Å². The zero-order chi connectivity index (χ0) is 42.4. The quantitative estimate of drug-likeness (QED) is 0.146. The van der Waals surface area contributed by atoms with Crippen LogP contribution < -0.4 is 5.32 Å². The van der Waals surface area contributed by atoms with Gasteiger partial charge in [-0.1, -0.05) is 80.6 Å². The van der Waals surface area contributed by atoms with Crippen LogP contribution in [0, 0.1) is 5.92 Å². The summed E-state index contributed by atoms with van der Waals surface area (Å²) in [6.07, 6.45) is 7.51. The van der Waals surface area contributed by atoms with E-state index in [2.05, 4.69) is 69.8 Å². The van der Waals surface area contributed by atoms with E-state index in [1.807, 2.05) is 74.3 Å². The molecule has 4 heterocycles. The number of aliphatic imine (C=N–C) groups is 1. The van der Waals surface area contributed by atoms with Crippen molar-refractivity contribution in [2.75, 3.05) is 34.3 Å². The SMILES string of the molecule is COC(=O)N[C@H](C(=O)N1CCC[C@H]1c1ncc(-c2ccc3c(c2)CCc2cc(-c4ccc5c(c4)CC([C@@H]4CCCN4C(=O)C(c4ccccc4)N(C)C)=N5)ccc2-3)[nH]1)C(C)C. The molecule has 4 aliphatic rings. The average Bonchev–Trinajstić information content (AvgIpc) is 4.11. The monoisotopic (exact) mass is 817 g/mol. The van der Waals surface area contributed by atoms with Crippen LogP contribution in [0.2, 0.25) is 0 Å². The number of H-pyrrole nitrogens is 1. The number of rotatable bonds is 10. The molecule has 4 atom stereocenters. The molecule has 11 nitrogen and oxygen atoms in total. The van der Waals surface area contributed by atoms with Gasteiger partial charge in [-0.3, -0.25) is 19.5 Å². The van der Waals surface area contributed by atoms with Crippen molar-refractivity contribution in [3.8, 4) is 33.5 Å². The van der Waals surface area contributed by atoms with Gasteiger partial charge in [0.2, 0.25) is 11.8 Å². The maximum atomic E-state index is 14.1. The van der Waals surface area contributed by atoms with Gasteiger partial charge >= 0.3 is 6.09 Å². The summed E-state index contributed by atoms with van der Waals surface area (Å²) in [5.74, 6) is 0.702. The summed E-state index contributed by atoms with van der Waals surface area (Å²) in [5.41, 5.74) is 13.9.